The summed E-state index contributed by atoms with van der Waals surface area (Å²) in [6.45, 7) is 4.29. The minimum atomic E-state index is -0.192. The van der Waals surface area contributed by atoms with Gasteiger partial charge >= 0.3 is 0 Å². The molecule has 6 heteroatoms. The van der Waals surface area contributed by atoms with Crippen LogP contribution < -0.4 is 19.5 Å². The van der Waals surface area contributed by atoms with Gasteiger partial charge in [0.25, 0.3) is 5.91 Å². The average molecular weight is 422 g/mol. The van der Waals surface area contributed by atoms with Crippen LogP contribution in [-0.4, -0.2) is 32.3 Å². The van der Waals surface area contributed by atoms with Gasteiger partial charge in [-0.1, -0.05) is 13.0 Å². The average Bonchev–Trinajstić information content (AvgIpc) is 2.65. The molecule has 0 aliphatic carbocycles. The third-order valence-corrected chi connectivity index (χ3v) is 4.35. The number of rotatable bonds is 9. The van der Waals surface area contributed by atoms with Crippen molar-refractivity contribution >= 4 is 21.8 Å². The Balaban J connectivity index is 1.74. The molecular formula is C20H24BrNO4. The molecule has 2 aromatic rings. The fourth-order valence-corrected chi connectivity index (χ4v) is 2.82. The first-order valence-electron chi connectivity index (χ1n) is 8.49. The molecule has 0 aliphatic rings. The van der Waals surface area contributed by atoms with Crippen LogP contribution >= 0.6 is 15.9 Å². The zero-order chi connectivity index (χ0) is 18.9. The van der Waals surface area contributed by atoms with Crippen molar-refractivity contribution < 1.29 is 19.0 Å². The molecule has 0 spiro atoms. The Labute approximate surface area is 162 Å². The van der Waals surface area contributed by atoms with Crippen molar-refractivity contribution in [3.8, 4) is 17.2 Å². The van der Waals surface area contributed by atoms with E-state index in [-0.39, 0.29) is 18.6 Å². The molecule has 26 heavy (non-hydrogen) atoms. The highest BCUT2D eigenvalue weighted by molar-refractivity contribution is 9.10. The molecule has 0 bridgehead atoms. The Kier molecular flexibility index (Phi) is 7.78. The number of nitrogens with one attached hydrogen (secondary N) is 1. The van der Waals surface area contributed by atoms with Gasteiger partial charge in [-0.2, -0.15) is 0 Å². The number of halogens is 1. The van der Waals surface area contributed by atoms with Crippen molar-refractivity contribution in [3.05, 3.63) is 52.5 Å². The molecule has 0 unspecified atom stereocenters. The Bertz CT molecular complexity index is 718. The summed E-state index contributed by atoms with van der Waals surface area (Å²) in [6.07, 6.45) is 0.949. The summed E-state index contributed by atoms with van der Waals surface area (Å²) < 4.78 is 17.2. The minimum Gasteiger partial charge on any atom is -0.497 e. The van der Waals surface area contributed by atoms with Gasteiger partial charge in [-0.3, -0.25) is 4.79 Å². The molecule has 5 nitrogen and oxygen atoms in total. The molecule has 0 aliphatic heterocycles. The molecule has 1 N–H and O–H groups in total. The number of hydrogen-bond donors (Lipinski definition) is 1. The van der Waals surface area contributed by atoms with Crippen LogP contribution in [0.15, 0.2) is 46.9 Å². The lowest BCUT2D eigenvalue weighted by molar-refractivity contribution is -0.123. The number of ether oxygens (including phenoxy) is 3. The highest BCUT2D eigenvalue weighted by atomic mass is 79.9. The monoisotopic (exact) mass is 421 g/mol. The van der Waals surface area contributed by atoms with Crippen LogP contribution in [0.25, 0.3) is 0 Å². The molecule has 0 aromatic heterocycles. The smallest absolute Gasteiger partial charge is 0.258 e. The van der Waals surface area contributed by atoms with Crippen LogP contribution in [0.3, 0.4) is 0 Å². The zero-order valence-corrected chi connectivity index (χ0v) is 16.8. The van der Waals surface area contributed by atoms with Crippen LogP contribution in [0.1, 0.15) is 19.4 Å². The van der Waals surface area contributed by atoms with E-state index in [9.17, 15) is 4.79 Å². The summed E-state index contributed by atoms with van der Waals surface area (Å²) >= 11 is 3.46. The van der Waals surface area contributed by atoms with Crippen molar-refractivity contribution in [1.29, 1.82) is 0 Å². The third kappa shape index (κ3) is 6.26. The van der Waals surface area contributed by atoms with E-state index in [2.05, 4.69) is 28.2 Å². The lowest BCUT2D eigenvalue weighted by Gasteiger charge is -2.16. The summed E-state index contributed by atoms with van der Waals surface area (Å²) in [5, 5.41) is 2.86. The number of benzene rings is 2. The highest BCUT2D eigenvalue weighted by Crippen LogP contribution is 2.26. The topological polar surface area (TPSA) is 56.8 Å². The van der Waals surface area contributed by atoms with E-state index in [1.807, 2.05) is 49.4 Å². The van der Waals surface area contributed by atoms with E-state index in [4.69, 9.17) is 14.2 Å². The van der Waals surface area contributed by atoms with Gasteiger partial charge in [0.15, 0.2) is 6.61 Å². The Morgan fingerprint density at radius 3 is 2.42 bits per heavy atom. The van der Waals surface area contributed by atoms with Crippen LogP contribution in [0, 0.1) is 0 Å². The van der Waals surface area contributed by atoms with Gasteiger partial charge in [0.1, 0.15) is 23.9 Å². The van der Waals surface area contributed by atoms with Crippen molar-refractivity contribution in [2.75, 3.05) is 20.3 Å². The first-order valence-corrected chi connectivity index (χ1v) is 9.28. The van der Waals surface area contributed by atoms with E-state index in [1.54, 1.807) is 7.11 Å². The predicted octanol–water partition coefficient (Wildman–Crippen LogP) is 3.98. The SMILES string of the molecule is CCc1ccc(OCC(=O)N[C@@H](C)COc2ccc(OC)cc2)c(Br)c1. The predicted molar refractivity (Wildman–Crippen MR) is 105 cm³/mol. The lowest BCUT2D eigenvalue weighted by Crippen LogP contribution is -2.39. The zero-order valence-electron chi connectivity index (χ0n) is 15.3. The lowest BCUT2D eigenvalue weighted by atomic mass is 10.2. The molecule has 0 fully saturated rings. The quantitative estimate of drug-likeness (QED) is 0.664. The third-order valence-electron chi connectivity index (χ3n) is 3.73. The molecule has 0 radical (unpaired) electrons. The van der Waals surface area contributed by atoms with Crippen LogP contribution in [0.5, 0.6) is 17.2 Å². The van der Waals surface area contributed by atoms with Gasteiger partial charge in [0.2, 0.25) is 0 Å². The summed E-state index contributed by atoms with van der Waals surface area (Å²) in [5.74, 6) is 1.96. The fraction of sp³-hybridized carbons (Fsp3) is 0.350. The van der Waals surface area contributed by atoms with Gasteiger partial charge in [0.05, 0.1) is 17.6 Å². The van der Waals surface area contributed by atoms with Gasteiger partial charge in [-0.05, 0) is 71.2 Å². The van der Waals surface area contributed by atoms with Gasteiger partial charge in [0, 0.05) is 0 Å². The second-order valence-electron chi connectivity index (χ2n) is 5.86. The van der Waals surface area contributed by atoms with Crippen LogP contribution in [-0.2, 0) is 11.2 Å². The van der Waals surface area contributed by atoms with Crippen molar-refractivity contribution in [2.45, 2.75) is 26.3 Å². The number of hydrogen-bond acceptors (Lipinski definition) is 4. The molecule has 0 heterocycles. The fourth-order valence-electron chi connectivity index (χ4n) is 2.28. The Morgan fingerprint density at radius 1 is 1.12 bits per heavy atom. The maximum atomic E-state index is 12.0. The molecular weight excluding hydrogens is 398 g/mol. The number of methoxy groups -OCH3 is 1. The maximum absolute atomic E-state index is 12.0. The maximum Gasteiger partial charge on any atom is 0.258 e. The van der Waals surface area contributed by atoms with Crippen molar-refractivity contribution in [2.24, 2.45) is 0 Å². The van der Waals surface area contributed by atoms with Gasteiger partial charge in [-0.25, -0.2) is 0 Å². The number of carbonyl (C=O) groups is 1. The summed E-state index contributed by atoms with van der Waals surface area (Å²) in [7, 11) is 1.62. The van der Waals surface area contributed by atoms with Gasteiger partial charge < -0.3 is 19.5 Å². The highest BCUT2D eigenvalue weighted by Gasteiger charge is 2.10. The molecule has 2 rings (SSSR count). The van der Waals surface area contributed by atoms with Gasteiger partial charge in [-0.15, -0.1) is 0 Å². The van der Waals surface area contributed by atoms with Crippen LogP contribution in [0.2, 0.25) is 0 Å². The van der Waals surface area contributed by atoms with Crippen molar-refractivity contribution in [3.63, 3.8) is 0 Å². The van der Waals surface area contributed by atoms with Crippen LogP contribution in [0.4, 0.5) is 0 Å². The summed E-state index contributed by atoms with van der Waals surface area (Å²) in [4.78, 5) is 12.0. The normalized spacial score (nSPS) is 11.5. The summed E-state index contributed by atoms with van der Waals surface area (Å²) in [6, 6.07) is 13.0. The first-order chi connectivity index (χ1) is 12.5. The molecule has 0 saturated heterocycles. The minimum absolute atomic E-state index is 0.0447. The van der Waals surface area contributed by atoms with E-state index in [0.717, 1.165) is 22.4 Å². The first kappa shape index (κ1) is 20.1. The molecule has 1 amide bonds. The number of aryl methyl sites for hydroxylation is 1. The van der Waals surface area contributed by atoms with E-state index < -0.39 is 0 Å². The van der Waals surface area contributed by atoms with Crippen molar-refractivity contribution in [1.82, 2.24) is 5.32 Å². The molecule has 140 valence electrons. The molecule has 2 aromatic carbocycles. The Hall–Kier alpha value is -2.21. The molecule has 0 saturated carbocycles. The second kappa shape index (κ2) is 10.1. The number of amides is 1. The largest absolute Gasteiger partial charge is 0.497 e. The second-order valence-corrected chi connectivity index (χ2v) is 6.72. The van der Waals surface area contributed by atoms with E-state index in [0.29, 0.717) is 12.4 Å². The van der Waals surface area contributed by atoms with E-state index in [1.165, 1.54) is 5.56 Å². The number of carbonyl (C=O) groups excluding carboxylic acids is 1. The Morgan fingerprint density at radius 2 is 1.81 bits per heavy atom. The van der Waals surface area contributed by atoms with E-state index >= 15 is 0 Å². The summed E-state index contributed by atoms with van der Waals surface area (Å²) in [5.41, 5.74) is 1.21. The standard InChI is InChI=1S/C20H24BrNO4/c1-4-15-5-10-19(18(21)11-15)26-13-20(23)22-14(2)12-25-17-8-6-16(24-3)7-9-17/h5-11,14H,4,12-13H2,1-3H3,(H,22,23)/t14-/m0/s1. The molecule has 1 atom stereocenters.